The first-order chi connectivity index (χ1) is 7.41. The van der Waals surface area contributed by atoms with Crippen molar-refractivity contribution in [3.8, 4) is 0 Å². The SMILES string of the molecule is CC(C)CC(C)(O)CNCc1sccc1Br. The van der Waals surface area contributed by atoms with Crippen molar-refractivity contribution in [2.45, 2.75) is 39.3 Å². The summed E-state index contributed by atoms with van der Waals surface area (Å²) >= 11 is 5.22. The van der Waals surface area contributed by atoms with Gasteiger partial charge >= 0.3 is 0 Å². The molecule has 4 heteroatoms. The molecule has 0 amide bonds. The zero-order chi connectivity index (χ0) is 12.2. The Kier molecular flexibility index (Phi) is 5.44. The topological polar surface area (TPSA) is 32.3 Å². The van der Waals surface area contributed by atoms with Crippen LogP contribution in [0.1, 0.15) is 32.1 Å². The van der Waals surface area contributed by atoms with E-state index in [-0.39, 0.29) is 0 Å². The summed E-state index contributed by atoms with van der Waals surface area (Å²) in [5, 5.41) is 15.5. The van der Waals surface area contributed by atoms with Crippen molar-refractivity contribution in [3.63, 3.8) is 0 Å². The Morgan fingerprint density at radius 3 is 2.75 bits per heavy atom. The molecule has 92 valence electrons. The molecule has 1 heterocycles. The predicted molar refractivity (Wildman–Crippen MR) is 73.8 cm³/mol. The molecule has 0 aromatic carbocycles. The van der Waals surface area contributed by atoms with Gasteiger partial charge in [-0.1, -0.05) is 13.8 Å². The molecule has 1 aromatic heterocycles. The van der Waals surface area contributed by atoms with Crippen molar-refractivity contribution in [1.82, 2.24) is 5.32 Å². The van der Waals surface area contributed by atoms with Gasteiger partial charge in [0.25, 0.3) is 0 Å². The molecule has 1 rings (SSSR count). The number of nitrogens with one attached hydrogen (secondary N) is 1. The standard InChI is InChI=1S/C12H20BrNOS/c1-9(2)6-12(3,15)8-14-7-11-10(13)4-5-16-11/h4-5,9,14-15H,6-8H2,1-3H3. The Morgan fingerprint density at radius 1 is 1.56 bits per heavy atom. The van der Waals surface area contributed by atoms with Gasteiger partial charge in [-0.2, -0.15) is 0 Å². The van der Waals surface area contributed by atoms with Crippen molar-refractivity contribution < 1.29 is 5.11 Å². The normalized spacial score (nSPS) is 15.4. The molecule has 1 aromatic rings. The fourth-order valence-electron chi connectivity index (χ4n) is 1.85. The largest absolute Gasteiger partial charge is 0.389 e. The lowest BCUT2D eigenvalue weighted by Gasteiger charge is -2.25. The molecule has 16 heavy (non-hydrogen) atoms. The monoisotopic (exact) mass is 305 g/mol. The molecule has 0 bridgehead atoms. The summed E-state index contributed by atoms with van der Waals surface area (Å²) in [5.74, 6) is 0.519. The molecular formula is C12H20BrNOS. The highest BCUT2D eigenvalue weighted by molar-refractivity contribution is 9.10. The summed E-state index contributed by atoms with van der Waals surface area (Å²) in [4.78, 5) is 1.28. The van der Waals surface area contributed by atoms with Crippen LogP contribution in [0.5, 0.6) is 0 Å². The highest BCUT2D eigenvalue weighted by Crippen LogP contribution is 2.22. The summed E-state index contributed by atoms with van der Waals surface area (Å²) in [5.41, 5.74) is -0.613. The van der Waals surface area contributed by atoms with Gasteiger partial charge in [0.2, 0.25) is 0 Å². The smallest absolute Gasteiger partial charge is 0.0746 e. The lowest BCUT2D eigenvalue weighted by Crippen LogP contribution is -2.38. The number of halogens is 1. The number of hydrogen-bond acceptors (Lipinski definition) is 3. The highest BCUT2D eigenvalue weighted by atomic mass is 79.9. The summed E-state index contributed by atoms with van der Waals surface area (Å²) in [6.07, 6.45) is 0.825. The van der Waals surface area contributed by atoms with Gasteiger partial charge in [-0.3, -0.25) is 0 Å². The second kappa shape index (κ2) is 6.15. The van der Waals surface area contributed by atoms with Crippen LogP contribution in [0.3, 0.4) is 0 Å². The molecule has 0 saturated carbocycles. The van der Waals surface area contributed by atoms with E-state index in [0.29, 0.717) is 12.5 Å². The predicted octanol–water partition coefficient (Wildman–Crippen LogP) is 3.40. The Hall–Kier alpha value is 0.100. The van der Waals surface area contributed by atoms with Gasteiger partial charge < -0.3 is 10.4 Å². The van der Waals surface area contributed by atoms with E-state index in [9.17, 15) is 5.11 Å². The maximum absolute atomic E-state index is 10.1. The molecule has 0 aliphatic rings. The first-order valence-corrected chi connectivity index (χ1v) is 7.23. The van der Waals surface area contributed by atoms with Crippen LogP contribution < -0.4 is 5.32 Å². The summed E-state index contributed by atoms with van der Waals surface area (Å²) < 4.78 is 1.15. The van der Waals surface area contributed by atoms with Gasteiger partial charge in [0.1, 0.15) is 0 Å². The molecule has 0 saturated heterocycles. The summed E-state index contributed by atoms with van der Waals surface area (Å²) in [7, 11) is 0. The van der Waals surface area contributed by atoms with Gasteiger partial charge in [-0.05, 0) is 46.6 Å². The van der Waals surface area contributed by atoms with E-state index >= 15 is 0 Å². The summed E-state index contributed by atoms with van der Waals surface area (Å²) in [6.45, 7) is 7.60. The quantitative estimate of drug-likeness (QED) is 0.844. The Morgan fingerprint density at radius 2 is 2.25 bits per heavy atom. The van der Waals surface area contributed by atoms with E-state index in [1.165, 1.54) is 4.88 Å². The van der Waals surface area contributed by atoms with Crippen LogP contribution in [-0.2, 0) is 6.54 Å². The molecular weight excluding hydrogens is 286 g/mol. The maximum Gasteiger partial charge on any atom is 0.0746 e. The molecule has 0 aliphatic carbocycles. The number of aliphatic hydroxyl groups is 1. The summed E-state index contributed by atoms with van der Waals surface area (Å²) in [6, 6.07) is 2.05. The zero-order valence-corrected chi connectivity index (χ0v) is 12.5. The van der Waals surface area contributed by atoms with Crippen LogP contribution in [0.15, 0.2) is 15.9 Å². The molecule has 2 N–H and O–H groups in total. The van der Waals surface area contributed by atoms with Crippen molar-refractivity contribution in [3.05, 3.63) is 20.8 Å². The van der Waals surface area contributed by atoms with Crippen molar-refractivity contribution in [2.75, 3.05) is 6.54 Å². The molecule has 2 nitrogen and oxygen atoms in total. The highest BCUT2D eigenvalue weighted by Gasteiger charge is 2.21. The first kappa shape index (κ1) is 14.2. The van der Waals surface area contributed by atoms with E-state index in [0.717, 1.165) is 17.4 Å². The minimum atomic E-state index is -0.613. The van der Waals surface area contributed by atoms with Crippen LogP contribution >= 0.6 is 27.3 Å². The third-order valence-electron chi connectivity index (χ3n) is 2.33. The van der Waals surface area contributed by atoms with Crippen LogP contribution in [0.25, 0.3) is 0 Å². The fourth-order valence-corrected chi connectivity index (χ4v) is 3.31. The van der Waals surface area contributed by atoms with Gasteiger partial charge in [0.05, 0.1) is 5.60 Å². The Labute approximate surface area is 110 Å². The van der Waals surface area contributed by atoms with Crippen molar-refractivity contribution in [2.24, 2.45) is 5.92 Å². The zero-order valence-electron chi connectivity index (χ0n) is 10.1. The van der Waals surface area contributed by atoms with Gasteiger partial charge in [-0.15, -0.1) is 11.3 Å². The van der Waals surface area contributed by atoms with Crippen LogP contribution in [0, 0.1) is 5.92 Å². The van der Waals surface area contributed by atoms with Crippen LogP contribution in [0.4, 0.5) is 0 Å². The van der Waals surface area contributed by atoms with E-state index in [4.69, 9.17) is 0 Å². The van der Waals surface area contributed by atoms with Crippen molar-refractivity contribution in [1.29, 1.82) is 0 Å². The van der Waals surface area contributed by atoms with E-state index < -0.39 is 5.60 Å². The van der Waals surface area contributed by atoms with Crippen LogP contribution in [0.2, 0.25) is 0 Å². The molecule has 0 spiro atoms. The van der Waals surface area contributed by atoms with Crippen LogP contribution in [-0.4, -0.2) is 17.3 Å². The second-order valence-electron chi connectivity index (χ2n) is 4.89. The lowest BCUT2D eigenvalue weighted by atomic mass is 9.94. The van der Waals surface area contributed by atoms with Crippen molar-refractivity contribution >= 4 is 27.3 Å². The lowest BCUT2D eigenvalue weighted by molar-refractivity contribution is 0.0384. The van der Waals surface area contributed by atoms with E-state index in [1.807, 2.05) is 13.0 Å². The minimum Gasteiger partial charge on any atom is -0.389 e. The Balaban J connectivity index is 2.32. The number of rotatable bonds is 6. The fraction of sp³-hybridized carbons (Fsp3) is 0.667. The van der Waals surface area contributed by atoms with Gasteiger partial charge in [0, 0.05) is 22.4 Å². The third kappa shape index (κ3) is 4.95. The molecule has 0 fully saturated rings. The molecule has 0 aliphatic heterocycles. The molecule has 1 atom stereocenters. The third-order valence-corrected chi connectivity index (χ3v) is 4.26. The first-order valence-electron chi connectivity index (χ1n) is 5.56. The van der Waals surface area contributed by atoms with E-state index in [2.05, 4.69) is 40.5 Å². The van der Waals surface area contributed by atoms with Gasteiger partial charge in [0.15, 0.2) is 0 Å². The number of thiophene rings is 1. The second-order valence-corrected chi connectivity index (χ2v) is 6.75. The van der Waals surface area contributed by atoms with Gasteiger partial charge in [-0.25, -0.2) is 0 Å². The number of hydrogen-bond donors (Lipinski definition) is 2. The maximum atomic E-state index is 10.1. The average molecular weight is 306 g/mol. The molecule has 1 unspecified atom stereocenters. The Bertz CT molecular complexity index is 323. The molecule has 0 radical (unpaired) electrons. The van der Waals surface area contributed by atoms with E-state index in [1.54, 1.807) is 11.3 Å². The average Bonchev–Trinajstić information content (AvgIpc) is 2.49. The minimum absolute atomic E-state index is 0.519.